The number of nitrogens with zero attached hydrogens (tertiary/aromatic N) is 1. The van der Waals surface area contributed by atoms with Crippen LogP contribution in [-0.2, 0) is 23.1 Å². The van der Waals surface area contributed by atoms with Crippen LogP contribution in [-0.4, -0.2) is 49.6 Å². The van der Waals surface area contributed by atoms with Crippen LogP contribution in [0, 0.1) is 0 Å². The molecular weight excluding hydrogens is 435 g/mol. The van der Waals surface area contributed by atoms with Crippen molar-refractivity contribution in [1.29, 1.82) is 0 Å². The van der Waals surface area contributed by atoms with Crippen molar-refractivity contribution in [2.45, 2.75) is 45.7 Å². The largest absolute Gasteiger partial charge is 0.417 e. The number of carbonyl (C=O) groups excluding carboxylic acids is 2. The Labute approximate surface area is 178 Å². The first kappa shape index (κ1) is 24.6. The molecule has 13 nitrogen and oxygen atoms in total. The SMILES string of the molecule is CC(C)(OC(N)=O)OP(=O)(CCN1CCCNc2c1c(=O)c2=O)OC(C)(C)OC(N)=O. The van der Waals surface area contributed by atoms with Crippen molar-refractivity contribution in [1.82, 2.24) is 0 Å². The molecule has 14 heteroatoms. The van der Waals surface area contributed by atoms with E-state index in [-0.39, 0.29) is 24.1 Å². The van der Waals surface area contributed by atoms with Crippen LogP contribution in [0.4, 0.5) is 21.0 Å². The number of fused-ring (bicyclic) bond motifs is 1. The van der Waals surface area contributed by atoms with Gasteiger partial charge < -0.3 is 31.2 Å². The Kier molecular flexibility index (Phi) is 7.03. The summed E-state index contributed by atoms with van der Waals surface area (Å²) in [6, 6.07) is 0. The Morgan fingerprint density at radius 3 is 2.03 bits per heavy atom. The number of anilines is 2. The van der Waals surface area contributed by atoms with E-state index in [1.165, 1.54) is 27.7 Å². The lowest BCUT2D eigenvalue weighted by Crippen LogP contribution is -2.43. The molecule has 0 atom stereocenters. The minimum atomic E-state index is -4.16. The number of rotatable bonds is 9. The van der Waals surface area contributed by atoms with Gasteiger partial charge in [0, 0.05) is 47.3 Å². The summed E-state index contributed by atoms with van der Waals surface area (Å²) in [5.41, 5.74) is 9.21. The molecule has 5 N–H and O–H groups in total. The standard InChI is InChI=1S/C17H27N4O9P/c1-16(2,27-14(18)24)29-31(26,30-17(3,4)28-15(19)25)9-8-21-7-5-6-20-10-11(21)13(23)12(10)22/h20H,5-9H2,1-4H3,(H2,18,24)(H2,19,25). The molecule has 0 fully saturated rings. The average molecular weight is 462 g/mol. The van der Waals surface area contributed by atoms with Crippen LogP contribution in [0.3, 0.4) is 0 Å². The molecule has 2 rings (SSSR count). The average Bonchev–Trinajstić information content (AvgIpc) is 2.75. The van der Waals surface area contributed by atoms with Gasteiger partial charge in [0.15, 0.2) is 0 Å². The predicted octanol–water partition coefficient (Wildman–Crippen LogP) is 0.794. The lowest BCUT2D eigenvalue weighted by Gasteiger charge is -2.35. The third-order valence-electron chi connectivity index (χ3n) is 4.16. The van der Waals surface area contributed by atoms with Gasteiger partial charge in [-0.25, -0.2) is 9.59 Å². The maximum atomic E-state index is 13.6. The van der Waals surface area contributed by atoms with Crippen molar-refractivity contribution in [2.24, 2.45) is 11.5 Å². The summed E-state index contributed by atoms with van der Waals surface area (Å²) < 4.78 is 34.2. The van der Waals surface area contributed by atoms with E-state index in [9.17, 15) is 23.7 Å². The van der Waals surface area contributed by atoms with Gasteiger partial charge in [0.2, 0.25) is 11.6 Å². The topological polar surface area (TPSA) is 190 Å². The number of nitrogens with one attached hydrogen (secondary N) is 1. The van der Waals surface area contributed by atoms with Crippen molar-refractivity contribution < 1.29 is 32.7 Å². The first-order chi connectivity index (χ1) is 14.1. The predicted molar refractivity (Wildman–Crippen MR) is 111 cm³/mol. The zero-order chi connectivity index (χ0) is 23.6. The Hall–Kier alpha value is -2.63. The van der Waals surface area contributed by atoms with Gasteiger partial charge in [0.1, 0.15) is 11.4 Å². The highest BCUT2D eigenvalue weighted by molar-refractivity contribution is 7.54. The second kappa shape index (κ2) is 8.85. The van der Waals surface area contributed by atoms with E-state index in [1.54, 1.807) is 4.90 Å². The maximum absolute atomic E-state index is 13.6. The Balaban J connectivity index is 2.26. The van der Waals surface area contributed by atoms with Crippen LogP contribution < -0.4 is 32.5 Å². The summed E-state index contributed by atoms with van der Waals surface area (Å²) in [6.07, 6.45) is -2.03. The second-order valence-electron chi connectivity index (χ2n) is 7.81. The first-order valence-electron chi connectivity index (χ1n) is 9.44. The minimum Gasteiger partial charge on any atom is -0.417 e. The molecule has 0 saturated carbocycles. The van der Waals surface area contributed by atoms with E-state index in [0.717, 1.165) is 0 Å². The fourth-order valence-corrected chi connectivity index (χ4v) is 5.33. The van der Waals surface area contributed by atoms with E-state index in [0.29, 0.717) is 19.5 Å². The molecule has 0 saturated heterocycles. The van der Waals surface area contributed by atoms with Gasteiger partial charge in [-0.05, 0) is 6.42 Å². The summed E-state index contributed by atoms with van der Waals surface area (Å²) in [6.45, 7) is 6.07. The molecule has 0 spiro atoms. The molecule has 0 radical (unpaired) electrons. The zero-order valence-corrected chi connectivity index (χ0v) is 18.7. The first-order valence-corrected chi connectivity index (χ1v) is 11.2. The molecule has 0 aliphatic carbocycles. The van der Waals surface area contributed by atoms with Crippen LogP contribution in [0.1, 0.15) is 34.1 Å². The van der Waals surface area contributed by atoms with Crippen LogP contribution in [0.5, 0.6) is 0 Å². The third-order valence-corrected chi connectivity index (χ3v) is 6.35. The molecule has 1 aromatic rings. The van der Waals surface area contributed by atoms with Gasteiger partial charge >= 0.3 is 19.8 Å². The summed E-state index contributed by atoms with van der Waals surface area (Å²) in [5.74, 6) is -3.51. The van der Waals surface area contributed by atoms with E-state index in [2.05, 4.69) is 5.32 Å². The molecule has 0 unspecified atom stereocenters. The monoisotopic (exact) mass is 462 g/mol. The lowest BCUT2D eigenvalue weighted by atomic mass is 10.2. The quantitative estimate of drug-likeness (QED) is 0.267. The van der Waals surface area contributed by atoms with Crippen LogP contribution in [0.2, 0.25) is 0 Å². The van der Waals surface area contributed by atoms with Gasteiger partial charge in [-0.3, -0.25) is 23.2 Å². The normalized spacial score (nSPS) is 15.0. The van der Waals surface area contributed by atoms with Gasteiger partial charge in [0.05, 0.1) is 6.16 Å². The van der Waals surface area contributed by atoms with E-state index in [1.807, 2.05) is 0 Å². The Morgan fingerprint density at radius 1 is 1.03 bits per heavy atom. The van der Waals surface area contributed by atoms with E-state index in [4.69, 9.17) is 30.0 Å². The van der Waals surface area contributed by atoms with Crippen molar-refractivity contribution >= 4 is 31.2 Å². The van der Waals surface area contributed by atoms with Crippen molar-refractivity contribution in [3.63, 3.8) is 0 Å². The molecule has 0 bridgehead atoms. The van der Waals surface area contributed by atoms with Crippen molar-refractivity contribution in [2.75, 3.05) is 36.0 Å². The van der Waals surface area contributed by atoms with Gasteiger partial charge in [-0.15, -0.1) is 0 Å². The van der Waals surface area contributed by atoms with Crippen molar-refractivity contribution in [3.8, 4) is 0 Å². The van der Waals surface area contributed by atoms with Gasteiger partial charge in [-0.1, -0.05) is 0 Å². The molecule has 1 heterocycles. The van der Waals surface area contributed by atoms with Crippen molar-refractivity contribution in [3.05, 3.63) is 20.4 Å². The number of hydrogen-bond donors (Lipinski definition) is 3. The molecule has 1 aliphatic heterocycles. The number of hydrogen-bond acceptors (Lipinski definition) is 11. The van der Waals surface area contributed by atoms with Crippen LogP contribution >= 0.6 is 7.60 Å². The minimum absolute atomic E-state index is 0.00386. The number of nitrogens with two attached hydrogens (primary N) is 2. The summed E-state index contributed by atoms with van der Waals surface area (Å²) in [5, 5.41) is 2.90. The van der Waals surface area contributed by atoms with Crippen LogP contribution in [0.15, 0.2) is 9.59 Å². The van der Waals surface area contributed by atoms with E-state index < -0.39 is 42.2 Å². The smallest absolute Gasteiger partial charge is 0.407 e. The highest BCUT2D eigenvalue weighted by Crippen LogP contribution is 2.54. The van der Waals surface area contributed by atoms with Gasteiger partial charge in [-0.2, -0.15) is 0 Å². The second-order valence-corrected chi connectivity index (χ2v) is 9.84. The van der Waals surface area contributed by atoms with E-state index >= 15 is 0 Å². The van der Waals surface area contributed by atoms with Gasteiger partial charge in [0.25, 0.3) is 10.9 Å². The summed E-state index contributed by atoms with van der Waals surface area (Å²) in [7, 11) is -4.16. The third kappa shape index (κ3) is 6.42. The number of carbonyl (C=O) groups is 2. The molecule has 31 heavy (non-hydrogen) atoms. The molecule has 0 aromatic heterocycles. The zero-order valence-electron chi connectivity index (χ0n) is 17.8. The molecular formula is C17H27N4O9P. The number of ether oxygens (including phenoxy) is 2. The Bertz CT molecular complexity index is 933. The van der Waals surface area contributed by atoms with Crippen LogP contribution in [0.25, 0.3) is 0 Å². The lowest BCUT2D eigenvalue weighted by molar-refractivity contribution is -0.148. The molecule has 2 amide bonds. The fourth-order valence-electron chi connectivity index (χ4n) is 3.21. The molecule has 1 aliphatic rings. The molecule has 1 aromatic carbocycles. The molecule has 174 valence electrons. The fraction of sp³-hybridized carbons (Fsp3) is 0.647. The number of primary amides is 2. The highest BCUT2D eigenvalue weighted by Gasteiger charge is 2.42. The number of amides is 2. The summed E-state index contributed by atoms with van der Waals surface area (Å²) in [4.78, 5) is 47.7. The highest BCUT2D eigenvalue weighted by atomic mass is 31.2. The maximum Gasteiger partial charge on any atom is 0.407 e. The summed E-state index contributed by atoms with van der Waals surface area (Å²) >= 11 is 0. The Morgan fingerprint density at radius 2 is 1.55 bits per heavy atom.